The van der Waals surface area contributed by atoms with Crippen molar-refractivity contribution in [1.82, 2.24) is 10.2 Å². The highest BCUT2D eigenvalue weighted by molar-refractivity contribution is 5.75. The summed E-state index contributed by atoms with van der Waals surface area (Å²) in [6.07, 6.45) is 0.439. The molecule has 90 valence electrons. The maximum absolute atomic E-state index is 11.3. The topological polar surface area (TPSA) is 41.6 Å². The van der Waals surface area contributed by atoms with Crippen molar-refractivity contribution < 1.29 is 9.53 Å². The fourth-order valence-corrected chi connectivity index (χ4v) is 1.53. The van der Waals surface area contributed by atoms with E-state index in [2.05, 4.69) is 24.1 Å². The Morgan fingerprint density at radius 1 is 1.40 bits per heavy atom. The van der Waals surface area contributed by atoms with Gasteiger partial charge < -0.3 is 15.0 Å². The molecule has 0 aliphatic carbocycles. The first-order valence-electron chi connectivity index (χ1n) is 5.28. The number of hydrogen-bond acceptors (Lipinski definition) is 3. The summed E-state index contributed by atoms with van der Waals surface area (Å²) in [4.78, 5) is 13.5. The Labute approximate surface area is 93.0 Å². The molecular formula is C11H24N2O2. The van der Waals surface area contributed by atoms with Gasteiger partial charge in [0.05, 0.1) is 6.61 Å². The van der Waals surface area contributed by atoms with Crippen molar-refractivity contribution in [3.8, 4) is 0 Å². The van der Waals surface area contributed by atoms with Crippen LogP contribution in [0.3, 0.4) is 0 Å². The Hall–Kier alpha value is -0.610. The van der Waals surface area contributed by atoms with Gasteiger partial charge in [0.25, 0.3) is 0 Å². The number of amides is 1. The van der Waals surface area contributed by atoms with E-state index in [0.29, 0.717) is 19.6 Å². The first kappa shape index (κ1) is 14.4. The Morgan fingerprint density at radius 2 is 2.00 bits per heavy atom. The fraction of sp³-hybridized carbons (Fsp3) is 0.909. The standard InChI is InChI=1S/C11H24N2O2/c1-11(2,9-13(3)4)8-12-10(14)6-7-15-5/h6-9H2,1-5H3,(H,12,14). The van der Waals surface area contributed by atoms with Crippen LogP contribution in [0.25, 0.3) is 0 Å². The number of nitrogens with one attached hydrogen (secondary N) is 1. The van der Waals surface area contributed by atoms with Crippen LogP contribution in [0.2, 0.25) is 0 Å². The minimum absolute atomic E-state index is 0.0590. The molecule has 0 fully saturated rings. The van der Waals surface area contributed by atoms with Crippen LogP contribution in [0.5, 0.6) is 0 Å². The van der Waals surface area contributed by atoms with Gasteiger partial charge in [-0.2, -0.15) is 0 Å². The molecule has 0 heterocycles. The van der Waals surface area contributed by atoms with Crippen LogP contribution >= 0.6 is 0 Å². The second-order valence-electron chi connectivity index (χ2n) is 4.92. The van der Waals surface area contributed by atoms with Crippen LogP contribution in [0.4, 0.5) is 0 Å². The van der Waals surface area contributed by atoms with E-state index in [4.69, 9.17) is 4.74 Å². The molecule has 0 saturated heterocycles. The van der Waals surface area contributed by atoms with E-state index >= 15 is 0 Å². The number of methoxy groups -OCH3 is 1. The third-order valence-electron chi connectivity index (χ3n) is 2.04. The molecule has 1 N–H and O–H groups in total. The van der Waals surface area contributed by atoms with Crippen molar-refractivity contribution in [2.45, 2.75) is 20.3 Å². The van der Waals surface area contributed by atoms with E-state index in [0.717, 1.165) is 6.54 Å². The molecule has 0 atom stereocenters. The highest BCUT2D eigenvalue weighted by Crippen LogP contribution is 2.13. The lowest BCUT2D eigenvalue weighted by atomic mass is 9.93. The van der Waals surface area contributed by atoms with E-state index in [1.54, 1.807) is 7.11 Å². The quantitative estimate of drug-likeness (QED) is 0.682. The molecule has 0 bridgehead atoms. The minimum atomic E-state index is 0.0590. The molecule has 0 unspecified atom stereocenters. The predicted molar refractivity (Wildman–Crippen MR) is 61.8 cm³/mol. The van der Waals surface area contributed by atoms with Crippen molar-refractivity contribution in [2.24, 2.45) is 5.41 Å². The number of rotatable bonds is 7. The smallest absolute Gasteiger partial charge is 0.222 e. The van der Waals surface area contributed by atoms with Gasteiger partial charge in [-0.15, -0.1) is 0 Å². The second kappa shape index (κ2) is 6.80. The summed E-state index contributed by atoms with van der Waals surface area (Å²) in [6, 6.07) is 0. The van der Waals surface area contributed by atoms with Crippen molar-refractivity contribution in [3.63, 3.8) is 0 Å². The fourth-order valence-electron chi connectivity index (χ4n) is 1.53. The van der Waals surface area contributed by atoms with E-state index < -0.39 is 0 Å². The third kappa shape index (κ3) is 8.39. The van der Waals surface area contributed by atoms with E-state index in [1.807, 2.05) is 14.1 Å². The summed E-state index contributed by atoms with van der Waals surface area (Å²) in [6.45, 7) is 6.43. The Morgan fingerprint density at radius 3 is 2.47 bits per heavy atom. The predicted octanol–water partition coefficient (Wildman–Crippen LogP) is 0.727. The molecule has 4 heteroatoms. The van der Waals surface area contributed by atoms with Gasteiger partial charge in [0.2, 0.25) is 5.91 Å². The molecule has 15 heavy (non-hydrogen) atoms. The zero-order chi connectivity index (χ0) is 11.9. The minimum Gasteiger partial charge on any atom is -0.384 e. The SMILES string of the molecule is COCCC(=O)NCC(C)(C)CN(C)C. The monoisotopic (exact) mass is 216 g/mol. The molecule has 0 saturated carbocycles. The van der Waals surface area contributed by atoms with Crippen molar-refractivity contribution in [3.05, 3.63) is 0 Å². The van der Waals surface area contributed by atoms with Crippen molar-refractivity contribution in [2.75, 3.05) is 40.9 Å². The van der Waals surface area contributed by atoms with Crippen LogP contribution in [0.15, 0.2) is 0 Å². The molecular weight excluding hydrogens is 192 g/mol. The average Bonchev–Trinajstić information content (AvgIpc) is 2.09. The van der Waals surface area contributed by atoms with Gasteiger partial charge in [-0.1, -0.05) is 13.8 Å². The maximum atomic E-state index is 11.3. The van der Waals surface area contributed by atoms with E-state index in [-0.39, 0.29) is 11.3 Å². The Bertz CT molecular complexity index is 191. The highest BCUT2D eigenvalue weighted by Gasteiger charge is 2.19. The molecule has 0 aliphatic rings. The molecule has 0 aliphatic heterocycles. The second-order valence-corrected chi connectivity index (χ2v) is 4.92. The van der Waals surface area contributed by atoms with E-state index in [1.165, 1.54) is 0 Å². The van der Waals surface area contributed by atoms with Crippen LogP contribution in [-0.2, 0) is 9.53 Å². The molecule has 0 aromatic rings. The van der Waals surface area contributed by atoms with E-state index in [9.17, 15) is 4.79 Å². The van der Waals surface area contributed by atoms with Gasteiger partial charge in [0.1, 0.15) is 0 Å². The Kier molecular flexibility index (Phi) is 6.52. The molecule has 4 nitrogen and oxygen atoms in total. The van der Waals surface area contributed by atoms with Gasteiger partial charge in [-0.25, -0.2) is 0 Å². The summed E-state index contributed by atoms with van der Waals surface area (Å²) < 4.78 is 4.84. The van der Waals surface area contributed by atoms with Crippen molar-refractivity contribution in [1.29, 1.82) is 0 Å². The lowest BCUT2D eigenvalue weighted by Crippen LogP contribution is -2.40. The number of hydrogen-bond donors (Lipinski definition) is 1. The first-order valence-corrected chi connectivity index (χ1v) is 5.28. The maximum Gasteiger partial charge on any atom is 0.222 e. The van der Waals surface area contributed by atoms with Gasteiger partial charge in [0.15, 0.2) is 0 Å². The summed E-state index contributed by atoms with van der Waals surface area (Å²) in [7, 11) is 5.67. The van der Waals surface area contributed by atoms with Gasteiger partial charge >= 0.3 is 0 Å². The zero-order valence-electron chi connectivity index (χ0n) is 10.6. The van der Waals surface area contributed by atoms with Crippen molar-refractivity contribution >= 4 is 5.91 Å². The molecule has 1 amide bonds. The Balaban J connectivity index is 3.77. The number of ether oxygens (including phenoxy) is 1. The largest absolute Gasteiger partial charge is 0.384 e. The average molecular weight is 216 g/mol. The molecule has 0 rings (SSSR count). The van der Waals surface area contributed by atoms with Crippen LogP contribution in [-0.4, -0.2) is 51.7 Å². The number of nitrogens with zero attached hydrogens (tertiary/aromatic N) is 1. The van der Waals surface area contributed by atoms with Crippen LogP contribution in [0.1, 0.15) is 20.3 Å². The summed E-state index contributed by atoms with van der Waals surface area (Å²) in [5, 5.41) is 2.92. The van der Waals surface area contributed by atoms with Crippen LogP contribution < -0.4 is 5.32 Å². The van der Waals surface area contributed by atoms with Crippen LogP contribution in [0, 0.1) is 5.41 Å². The van der Waals surface area contributed by atoms with Gasteiger partial charge in [0, 0.05) is 26.6 Å². The lowest BCUT2D eigenvalue weighted by molar-refractivity contribution is -0.122. The summed E-state index contributed by atoms with van der Waals surface area (Å²) in [5.41, 5.74) is 0.103. The number of carbonyl (C=O) groups is 1. The zero-order valence-corrected chi connectivity index (χ0v) is 10.6. The highest BCUT2D eigenvalue weighted by atomic mass is 16.5. The van der Waals surface area contributed by atoms with Gasteiger partial charge in [-0.3, -0.25) is 4.79 Å². The molecule has 0 aromatic carbocycles. The molecule has 0 aromatic heterocycles. The third-order valence-corrected chi connectivity index (χ3v) is 2.04. The molecule has 0 radical (unpaired) electrons. The summed E-state index contributed by atoms with van der Waals surface area (Å²) in [5.74, 6) is 0.0590. The lowest BCUT2D eigenvalue weighted by Gasteiger charge is -2.28. The number of carbonyl (C=O) groups excluding carboxylic acids is 1. The first-order chi connectivity index (χ1) is 6.87. The normalized spacial score (nSPS) is 11.9. The molecule has 0 spiro atoms. The summed E-state index contributed by atoms with van der Waals surface area (Å²) >= 11 is 0. The van der Waals surface area contributed by atoms with Gasteiger partial charge in [-0.05, 0) is 19.5 Å².